The fraction of sp³-hybridized carbons (Fsp3) is 0.160. The van der Waals surface area contributed by atoms with E-state index in [0.717, 1.165) is 24.0 Å². The van der Waals surface area contributed by atoms with Crippen LogP contribution >= 0.6 is 23.2 Å². The van der Waals surface area contributed by atoms with Gasteiger partial charge in [0.25, 0.3) is 17.8 Å². The van der Waals surface area contributed by atoms with Crippen molar-refractivity contribution in [1.29, 1.82) is 0 Å². The molecule has 7 nitrogen and oxygen atoms in total. The van der Waals surface area contributed by atoms with Crippen LogP contribution in [0.25, 0.3) is 11.1 Å². The van der Waals surface area contributed by atoms with Crippen LogP contribution in [0.1, 0.15) is 34.1 Å². The number of ether oxygens (including phenoxy) is 1. The van der Waals surface area contributed by atoms with Crippen LogP contribution in [0, 0.1) is 5.82 Å². The number of imide groups is 1. The molecule has 10 heteroatoms. The number of phenols is 1. The molecule has 2 N–H and O–H groups in total. The van der Waals surface area contributed by atoms with E-state index in [-0.39, 0.29) is 52.1 Å². The summed E-state index contributed by atoms with van der Waals surface area (Å²) in [5.41, 5.74) is 1.14. The average molecular weight is 520 g/mol. The number of amides is 2. The van der Waals surface area contributed by atoms with Crippen molar-refractivity contribution in [2.75, 3.05) is 13.2 Å². The Labute approximate surface area is 210 Å². The highest BCUT2D eigenvalue weighted by molar-refractivity contribution is 6.39. The lowest BCUT2D eigenvalue weighted by Crippen LogP contribution is -2.31. The molecule has 1 aliphatic heterocycles. The van der Waals surface area contributed by atoms with Crippen molar-refractivity contribution < 1.29 is 33.7 Å². The molecule has 182 valence electrons. The molecule has 1 heterocycles. The van der Waals surface area contributed by atoms with Gasteiger partial charge in [-0.05, 0) is 36.8 Å². The van der Waals surface area contributed by atoms with Crippen LogP contribution < -0.4 is 4.74 Å². The third-order valence-electron chi connectivity index (χ3n) is 4.93. The number of carboxylic acids is 1. The normalized spacial score (nSPS) is 12.2. The monoisotopic (exact) mass is 519 g/mol. The minimum absolute atomic E-state index is 0.0418. The lowest BCUT2D eigenvalue weighted by molar-refractivity contribution is -0.134. The van der Waals surface area contributed by atoms with Crippen LogP contribution in [0.3, 0.4) is 0 Å². The van der Waals surface area contributed by atoms with Crippen LogP contribution in [-0.2, 0) is 4.79 Å². The summed E-state index contributed by atoms with van der Waals surface area (Å²) in [4.78, 5) is 34.9. The fourth-order valence-corrected chi connectivity index (χ4v) is 4.08. The summed E-state index contributed by atoms with van der Waals surface area (Å²) >= 11 is 12.4. The molecule has 0 saturated heterocycles. The summed E-state index contributed by atoms with van der Waals surface area (Å²) < 4.78 is 19.7. The van der Waals surface area contributed by atoms with E-state index in [0.29, 0.717) is 23.1 Å². The largest absolute Gasteiger partial charge is 0.504 e. The minimum atomic E-state index is -0.833. The summed E-state index contributed by atoms with van der Waals surface area (Å²) in [5, 5.41) is 18.5. The van der Waals surface area contributed by atoms with Crippen LogP contribution in [0.5, 0.6) is 11.5 Å². The van der Waals surface area contributed by atoms with Gasteiger partial charge in [0.2, 0.25) is 0 Å². The van der Waals surface area contributed by atoms with Crippen molar-refractivity contribution in [3.8, 4) is 22.6 Å². The van der Waals surface area contributed by atoms with Crippen molar-refractivity contribution in [2.24, 2.45) is 0 Å². The Bertz CT molecular complexity index is 1240. The molecule has 0 bridgehead atoms. The van der Waals surface area contributed by atoms with Gasteiger partial charge in [0.05, 0.1) is 27.8 Å². The molecule has 3 aromatic carbocycles. The molecule has 35 heavy (non-hydrogen) atoms. The maximum absolute atomic E-state index is 14.2. The van der Waals surface area contributed by atoms with Gasteiger partial charge < -0.3 is 14.9 Å². The van der Waals surface area contributed by atoms with E-state index >= 15 is 0 Å². The molecule has 0 fully saturated rings. The van der Waals surface area contributed by atoms with E-state index in [2.05, 4.69) is 0 Å². The zero-order valence-corrected chi connectivity index (χ0v) is 19.9. The van der Waals surface area contributed by atoms with Crippen LogP contribution in [0.2, 0.25) is 10.0 Å². The average Bonchev–Trinajstić information content (AvgIpc) is 3.03. The standard InChI is InChI=1S/C23H16Cl2FNO4.C2H4O2/c24-17-7-3-8-18(25)20(17)16-11-13(26)12-19(21(16)28)31-10-4-9-27-22(29)14-5-1-2-6-15(14)23(27)30;1-2(3)4/h1-3,5-8,11-12,28H,4,9-10H2;1H3,(H,3,4). The van der Waals surface area contributed by atoms with E-state index in [9.17, 15) is 19.1 Å². The zero-order valence-electron chi connectivity index (χ0n) is 18.4. The maximum Gasteiger partial charge on any atom is 0.300 e. The van der Waals surface area contributed by atoms with E-state index in [1.165, 1.54) is 0 Å². The number of benzene rings is 3. The minimum Gasteiger partial charge on any atom is -0.504 e. The Morgan fingerprint density at radius 2 is 1.51 bits per heavy atom. The topological polar surface area (TPSA) is 104 Å². The molecule has 0 atom stereocenters. The Morgan fingerprint density at radius 3 is 2.06 bits per heavy atom. The third-order valence-corrected chi connectivity index (χ3v) is 5.56. The summed E-state index contributed by atoms with van der Waals surface area (Å²) in [7, 11) is 0. The number of phenolic OH excluding ortho intramolecular Hbond substituents is 1. The highest BCUT2D eigenvalue weighted by Gasteiger charge is 2.34. The second-order valence-electron chi connectivity index (χ2n) is 7.43. The smallest absolute Gasteiger partial charge is 0.300 e. The first-order valence-electron chi connectivity index (χ1n) is 10.4. The molecule has 0 unspecified atom stereocenters. The second kappa shape index (κ2) is 11.2. The number of carboxylic acid groups (broad SMARTS) is 1. The van der Waals surface area contributed by atoms with Gasteiger partial charge in [0.15, 0.2) is 11.5 Å². The van der Waals surface area contributed by atoms with Crippen molar-refractivity contribution in [1.82, 2.24) is 4.90 Å². The molecular formula is C25H20Cl2FNO6. The first-order valence-corrected chi connectivity index (χ1v) is 11.1. The van der Waals surface area contributed by atoms with Gasteiger partial charge in [-0.25, -0.2) is 4.39 Å². The first kappa shape index (κ1) is 26.0. The molecule has 0 saturated carbocycles. The lowest BCUT2D eigenvalue weighted by Gasteiger charge is -2.16. The van der Waals surface area contributed by atoms with Gasteiger partial charge in [0, 0.05) is 30.7 Å². The van der Waals surface area contributed by atoms with Gasteiger partial charge in [-0.1, -0.05) is 41.4 Å². The van der Waals surface area contributed by atoms with Crippen molar-refractivity contribution in [3.05, 3.63) is 81.6 Å². The van der Waals surface area contributed by atoms with E-state index in [1.54, 1.807) is 42.5 Å². The van der Waals surface area contributed by atoms with Crippen molar-refractivity contribution >= 4 is 41.0 Å². The second-order valence-corrected chi connectivity index (χ2v) is 8.24. The molecule has 3 aromatic rings. The van der Waals surface area contributed by atoms with Crippen LogP contribution in [-0.4, -0.2) is 46.0 Å². The van der Waals surface area contributed by atoms with Crippen LogP contribution in [0.15, 0.2) is 54.6 Å². The lowest BCUT2D eigenvalue weighted by atomic mass is 10.0. The SMILES string of the molecule is CC(=O)O.O=C1c2ccccc2C(=O)N1CCCOc1cc(F)cc(-c2c(Cl)cccc2Cl)c1O. The fourth-order valence-electron chi connectivity index (χ4n) is 3.48. The molecule has 0 aliphatic carbocycles. The van der Waals surface area contributed by atoms with Gasteiger partial charge in [-0.3, -0.25) is 19.3 Å². The molecule has 0 aromatic heterocycles. The number of carbonyl (C=O) groups is 3. The predicted octanol–water partition coefficient (Wildman–Crippen LogP) is 5.66. The summed E-state index contributed by atoms with van der Waals surface area (Å²) in [5.74, 6) is -2.58. The van der Waals surface area contributed by atoms with Gasteiger partial charge in [-0.15, -0.1) is 0 Å². The van der Waals surface area contributed by atoms with Gasteiger partial charge >= 0.3 is 0 Å². The van der Waals surface area contributed by atoms with Crippen molar-refractivity contribution in [2.45, 2.75) is 13.3 Å². The molecule has 4 rings (SSSR count). The third kappa shape index (κ3) is 5.90. The van der Waals surface area contributed by atoms with Gasteiger partial charge in [0.1, 0.15) is 5.82 Å². The number of nitrogens with zero attached hydrogens (tertiary/aromatic N) is 1. The van der Waals surface area contributed by atoms with E-state index in [1.807, 2.05) is 0 Å². The number of carbonyl (C=O) groups excluding carboxylic acids is 2. The summed E-state index contributed by atoms with van der Waals surface area (Å²) in [6, 6.07) is 13.6. The Kier molecular flexibility index (Phi) is 8.32. The van der Waals surface area contributed by atoms with Gasteiger partial charge in [-0.2, -0.15) is 0 Å². The number of fused-ring (bicyclic) bond motifs is 1. The number of halogens is 3. The maximum atomic E-state index is 14.2. The predicted molar refractivity (Wildman–Crippen MR) is 129 cm³/mol. The highest BCUT2D eigenvalue weighted by Crippen LogP contribution is 2.44. The molecule has 2 amide bonds. The Hall–Kier alpha value is -3.62. The Balaban J connectivity index is 0.000000795. The number of aromatic hydroxyl groups is 1. The molecule has 0 radical (unpaired) electrons. The zero-order chi connectivity index (χ0) is 25.7. The number of hydrogen-bond donors (Lipinski definition) is 2. The first-order chi connectivity index (χ1) is 16.6. The quantitative estimate of drug-likeness (QED) is 0.321. The number of hydrogen-bond acceptors (Lipinski definition) is 5. The number of aliphatic carboxylic acids is 1. The molecule has 0 spiro atoms. The van der Waals surface area contributed by atoms with Crippen molar-refractivity contribution in [3.63, 3.8) is 0 Å². The highest BCUT2D eigenvalue weighted by atomic mass is 35.5. The number of rotatable bonds is 6. The summed E-state index contributed by atoms with van der Waals surface area (Å²) in [6.45, 7) is 1.26. The Morgan fingerprint density at radius 1 is 0.971 bits per heavy atom. The summed E-state index contributed by atoms with van der Waals surface area (Å²) in [6.07, 6.45) is 0.295. The van der Waals surface area contributed by atoms with E-state index in [4.69, 9.17) is 37.8 Å². The van der Waals surface area contributed by atoms with Crippen LogP contribution in [0.4, 0.5) is 4.39 Å². The van der Waals surface area contributed by atoms with E-state index < -0.39 is 11.8 Å². The molecule has 1 aliphatic rings. The molecular weight excluding hydrogens is 500 g/mol.